The topological polar surface area (TPSA) is 69.2 Å². The molecule has 12 heteroatoms. The molecule has 0 saturated carbocycles. The average Bonchev–Trinajstić information content (AvgIpc) is 3.56. The van der Waals surface area contributed by atoms with Crippen molar-refractivity contribution in [3.8, 4) is 0 Å². The normalized spacial score (nSPS) is 38.2. The van der Waals surface area contributed by atoms with Gasteiger partial charge in [0, 0.05) is 65.0 Å². The summed E-state index contributed by atoms with van der Waals surface area (Å²) in [6.45, 7) is 29.8. The summed E-state index contributed by atoms with van der Waals surface area (Å²) in [5.41, 5.74) is 0. The van der Waals surface area contributed by atoms with E-state index in [0.29, 0.717) is 5.28 Å². The van der Waals surface area contributed by atoms with Crippen LogP contribution in [0.3, 0.4) is 0 Å². The molecular weight excluding hydrogens is 562 g/mol. The summed E-state index contributed by atoms with van der Waals surface area (Å²) < 4.78 is 5.24. The molecule has 11 nitrogen and oxygen atoms in total. The predicted octanol–water partition coefficient (Wildman–Crippen LogP) is 0.226. The number of halogens is 1. The second-order valence-electron chi connectivity index (χ2n) is 15.0. The number of anilines is 2. The standard InChI is InChI=1S/C31H58ClN11/c32-29-35-30(38-9-3-15-42(19-11-38)25-21-40(22-26-42)13-1-5-33-7-17-40)37-31(36-29)39-10-4-16-43(20-12-39)27-23-41(24-28-43)14-2-6-34-8-18-41/h33-34H,1-28H2/q+4. The summed E-state index contributed by atoms with van der Waals surface area (Å²) in [4.78, 5) is 19.3. The van der Waals surface area contributed by atoms with Gasteiger partial charge in [0.2, 0.25) is 17.2 Å². The number of nitrogens with zero attached hydrogens (tertiary/aromatic N) is 9. The summed E-state index contributed by atoms with van der Waals surface area (Å²) in [5.74, 6) is 1.59. The van der Waals surface area contributed by atoms with Crippen LogP contribution in [0.2, 0.25) is 5.28 Å². The molecule has 0 unspecified atom stereocenters. The van der Waals surface area contributed by atoms with Crippen LogP contribution in [0, 0.1) is 0 Å². The molecule has 0 aromatic carbocycles. The molecule has 1 aromatic heterocycles. The fraction of sp³-hybridized carbons (Fsp3) is 0.903. The van der Waals surface area contributed by atoms with Crippen LogP contribution in [0.25, 0.3) is 0 Å². The first-order chi connectivity index (χ1) is 21.0. The van der Waals surface area contributed by atoms with E-state index in [9.17, 15) is 0 Å². The van der Waals surface area contributed by atoms with Crippen molar-refractivity contribution in [1.29, 1.82) is 0 Å². The maximum absolute atomic E-state index is 6.61. The highest BCUT2D eigenvalue weighted by Crippen LogP contribution is 2.27. The van der Waals surface area contributed by atoms with E-state index in [0.717, 1.165) is 38.1 Å². The largest absolute Gasteiger partial charge is 0.335 e. The maximum Gasteiger partial charge on any atom is 0.231 e. The fourth-order valence-electron chi connectivity index (χ4n) is 9.44. The van der Waals surface area contributed by atoms with Gasteiger partial charge in [-0.25, -0.2) is 0 Å². The molecular formula is C31H58ClN11+4. The summed E-state index contributed by atoms with van der Waals surface area (Å²) in [6, 6.07) is 0. The minimum atomic E-state index is 0.347. The molecule has 6 fully saturated rings. The molecule has 0 aliphatic carbocycles. The lowest BCUT2D eigenvalue weighted by atomic mass is 10.1. The molecule has 0 bridgehead atoms. The van der Waals surface area contributed by atoms with Crippen molar-refractivity contribution in [2.24, 2.45) is 0 Å². The Morgan fingerprint density at radius 1 is 0.419 bits per heavy atom. The van der Waals surface area contributed by atoms with Gasteiger partial charge in [0.1, 0.15) is 52.4 Å². The van der Waals surface area contributed by atoms with Crippen LogP contribution in [0.1, 0.15) is 25.7 Å². The molecule has 0 radical (unpaired) electrons. The summed E-state index contributed by atoms with van der Waals surface area (Å²) in [5, 5.41) is 7.60. The number of nitrogens with one attached hydrogen (secondary N) is 2. The van der Waals surface area contributed by atoms with Crippen molar-refractivity contribution in [1.82, 2.24) is 25.6 Å². The van der Waals surface area contributed by atoms with Gasteiger partial charge in [0.15, 0.2) is 0 Å². The molecule has 6 aliphatic heterocycles. The molecule has 4 spiro atoms. The third-order valence-corrected chi connectivity index (χ3v) is 12.8. The summed E-state index contributed by atoms with van der Waals surface area (Å²) in [6.07, 6.45) is 5.04. The predicted molar refractivity (Wildman–Crippen MR) is 172 cm³/mol. The van der Waals surface area contributed by atoms with Gasteiger partial charge in [-0.1, -0.05) is 0 Å². The number of hydrogen-bond donors (Lipinski definition) is 2. The van der Waals surface area contributed by atoms with Gasteiger partial charge in [0.25, 0.3) is 0 Å². The number of rotatable bonds is 2. The SMILES string of the molecule is Clc1nc(N2CCC[N+]3(CC2)CC[N+]2(CCCNCC2)CC3)nc(N2CCC[N+]3(CC2)CC[N+]2(CCCNCC2)CC3)n1. The van der Waals surface area contributed by atoms with Crippen molar-refractivity contribution >= 4 is 23.5 Å². The Kier molecular flexibility index (Phi) is 9.03. The highest BCUT2D eigenvalue weighted by Gasteiger charge is 2.44. The Morgan fingerprint density at radius 3 is 1.26 bits per heavy atom. The first-order valence-electron chi connectivity index (χ1n) is 17.7. The van der Waals surface area contributed by atoms with Crippen molar-refractivity contribution < 1.29 is 17.9 Å². The fourth-order valence-corrected chi connectivity index (χ4v) is 9.59. The Hall–Kier alpha value is -1.34. The van der Waals surface area contributed by atoms with E-state index in [2.05, 4.69) is 30.4 Å². The van der Waals surface area contributed by atoms with Crippen molar-refractivity contribution in [3.05, 3.63) is 5.28 Å². The molecule has 240 valence electrons. The van der Waals surface area contributed by atoms with E-state index in [-0.39, 0.29) is 0 Å². The molecule has 6 saturated heterocycles. The molecule has 7 heterocycles. The van der Waals surface area contributed by atoms with Crippen LogP contribution in [0.15, 0.2) is 0 Å². The molecule has 6 aliphatic rings. The van der Waals surface area contributed by atoms with Gasteiger partial charge in [0.05, 0.1) is 65.4 Å². The zero-order valence-electron chi connectivity index (χ0n) is 26.7. The van der Waals surface area contributed by atoms with Gasteiger partial charge in [-0.15, -0.1) is 0 Å². The van der Waals surface area contributed by atoms with Gasteiger partial charge >= 0.3 is 0 Å². The van der Waals surface area contributed by atoms with Crippen molar-refractivity contribution in [2.45, 2.75) is 25.7 Å². The summed E-state index contributed by atoms with van der Waals surface area (Å²) in [7, 11) is 0. The Balaban J connectivity index is 0.971. The molecule has 0 amide bonds. The lowest BCUT2D eigenvalue weighted by Crippen LogP contribution is -2.68. The first-order valence-corrected chi connectivity index (χ1v) is 18.1. The van der Waals surface area contributed by atoms with E-state index in [4.69, 9.17) is 16.6 Å². The number of aromatic nitrogens is 3. The van der Waals surface area contributed by atoms with E-state index in [1.165, 1.54) is 175 Å². The van der Waals surface area contributed by atoms with Crippen molar-refractivity contribution in [2.75, 3.05) is 167 Å². The third kappa shape index (κ3) is 6.78. The van der Waals surface area contributed by atoms with Crippen LogP contribution in [0.5, 0.6) is 0 Å². The molecule has 0 atom stereocenters. The highest BCUT2D eigenvalue weighted by atomic mass is 35.5. The molecule has 2 N–H and O–H groups in total. The minimum absolute atomic E-state index is 0.347. The quantitative estimate of drug-likeness (QED) is 0.460. The van der Waals surface area contributed by atoms with Crippen LogP contribution >= 0.6 is 11.6 Å². The summed E-state index contributed by atoms with van der Waals surface area (Å²) >= 11 is 6.61. The van der Waals surface area contributed by atoms with Crippen molar-refractivity contribution in [3.63, 3.8) is 0 Å². The van der Waals surface area contributed by atoms with Crippen LogP contribution in [-0.4, -0.2) is 190 Å². The van der Waals surface area contributed by atoms with Crippen LogP contribution < -0.4 is 20.4 Å². The zero-order valence-corrected chi connectivity index (χ0v) is 27.5. The molecule has 43 heavy (non-hydrogen) atoms. The van der Waals surface area contributed by atoms with E-state index in [1.807, 2.05) is 0 Å². The van der Waals surface area contributed by atoms with Crippen LogP contribution in [-0.2, 0) is 0 Å². The lowest BCUT2D eigenvalue weighted by molar-refractivity contribution is -1.03. The highest BCUT2D eigenvalue weighted by molar-refractivity contribution is 6.28. The minimum Gasteiger partial charge on any atom is -0.335 e. The molecule has 1 aromatic rings. The Bertz CT molecular complexity index is 985. The van der Waals surface area contributed by atoms with Gasteiger partial charge in [-0.3, -0.25) is 0 Å². The van der Waals surface area contributed by atoms with Gasteiger partial charge in [-0.2, -0.15) is 15.0 Å². The Morgan fingerprint density at radius 2 is 0.814 bits per heavy atom. The number of hydrogen-bond acceptors (Lipinski definition) is 7. The van der Waals surface area contributed by atoms with Gasteiger partial charge in [-0.05, 0) is 11.6 Å². The Labute approximate surface area is 264 Å². The van der Waals surface area contributed by atoms with E-state index >= 15 is 0 Å². The first kappa shape index (κ1) is 30.3. The average molecular weight is 620 g/mol. The third-order valence-electron chi connectivity index (χ3n) is 12.7. The smallest absolute Gasteiger partial charge is 0.231 e. The molecule has 7 rings (SSSR count). The lowest BCUT2D eigenvalue weighted by Gasteiger charge is -2.49. The monoisotopic (exact) mass is 619 g/mol. The van der Waals surface area contributed by atoms with Gasteiger partial charge < -0.3 is 38.4 Å². The van der Waals surface area contributed by atoms with Crippen LogP contribution in [0.4, 0.5) is 11.9 Å². The number of piperazine rings is 2. The number of quaternary nitrogens is 4. The van der Waals surface area contributed by atoms with E-state index in [1.54, 1.807) is 0 Å². The maximum atomic E-state index is 6.61. The van der Waals surface area contributed by atoms with E-state index < -0.39 is 0 Å². The second-order valence-corrected chi connectivity index (χ2v) is 15.4. The zero-order chi connectivity index (χ0) is 29.2. The second kappa shape index (κ2) is 12.8.